The van der Waals surface area contributed by atoms with E-state index in [9.17, 15) is 14.0 Å². The van der Waals surface area contributed by atoms with E-state index in [4.69, 9.17) is 4.74 Å². The molecule has 4 rings (SSSR count). The monoisotopic (exact) mass is 369 g/mol. The van der Waals surface area contributed by atoms with Gasteiger partial charge in [0.2, 0.25) is 5.91 Å². The minimum absolute atomic E-state index is 0.0178. The van der Waals surface area contributed by atoms with Crippen molar-refractivity contribution in [2.24, 2.45) is 0 Å². The molecule has 2 aromatic rings. The Hall–Kier alpha value is -2.80. The van der Waals surface area contributed by atoms with Crippen LogP contribution in [0.4, 0.5) is 10.1 Å². The summed E-state index contributed by atoms with van der Waals surface area (Å²) in [6, 6.07) is 6.33. The van der Waals surface area contributed by atoms with Gasteiger partial charge in [0.1, 0.15) is 11.9 Å². The van der Waals surface area contributed by atoms with Crippen molar-refractivity contribution in [1.29, 1.82) is 0 Å². The summed E-state index contributed by atoms with van der Waals surface area (Å²) in [5, 5.41) is 2.65. The van der Waals surface area contributed by atoms with E-state index in [1.165, 1.54) is 6.07 Å². The third-order valence-electron chi connectivity index (χ3n) is 5.21. The summed E-state index contributed by atoms with van der Waals surface area (Å²) < 4.78 is 20.4. The molecule has 1 N–H and O–H groups in total. The third-order valence-corrected chi connectivity index (χ3v) is 5.21. The molecule has 140 valence electrons. The van der Waals surface area contributed by atoms with Crippen molar-refractivity contribution in [2.45, 2.75) is 31.4 Å². The van der Waals surface area contributed by atoms with Crippen LogP contribution in [-0.2, 0) is 16.0 Å². The second-order valence-corrected chi connectivity index (χ2v) is 6.89. The molecule has 3 heterocycles. The zero-order chi connectivity index (χ0) is 19.0. The molecule has 2 amide bonds. The van der Waals surface area contributed by atoms with E-state index in [1.54, 1.807) is 30.4 Å². The number of likely N-dealkylation sites (N-methyl/N-ethyl adjacent to an activating group) is 1. The lowest BCUT2D eigenvalue weighted by Gasteiger charge is -2.29. The Bertz CT molecular complexity index is 888. The highest BCUT2D eigenvalue weighted by Crippen LogP contribution is 2.33. The summed E-state index contributed by atoms with van der Waals surface area (Å²) in [5.41, 5.74) is 2.14. The maximum atomic E-state index is 14.6. The van der Waals surface area contributed by atoms with Gasteiger partial charge in [0.25, 0.3) is 5.91 Å². The molecular formula is C20H20FN3O3. The molecule has 6 nitrogen and oxygen atoms in total. The van der Waals surface area contributed by atoms with Gasteiger partial charge in [-0.05, 0) is 36.6 Å². The quantitative estimate of drug-likeness (QED) is 0.903. The highest BCUT2D eigenvalue weighted by molar-refractivity contribution is 5.98. The van der Waals surface area contributed by atoms with Crippen molar-refractivity contribution in [3.8, 4) is 0 Å². The number of halogens is 1. The van der Waals surface area contributed by atoms with Crippen LogP contribution in [0.25, 0.3) is 0 Å². The third kappa shape index (κ3) is 3.30. The number of hydrogen-bond acceptors (Lipinski definition) is 4. The second-order valence-electron chi connectivity index (χ2n) is 6.89. The van der Waals surface area contributed by atoms with Crippen molar-refractivity contribution in [3.05, 3.63) is 59.2 Å². The summed E-state index contributed by atoms with van der Waals surface area (Å²) in [6.07, 6.45) is 4.63. The van der Waals surface area contributed by atoms with Gasteiger partial charge in [-0.15, -0.1) is 0 Å². The molecule has 0 aliphatic carbocycles. The van der Waals surface area contributed by atoms with Crippen molar-refractivity contribution in [3.63, 3.8) is 0 Å². The fourth-order valence-electron chi connectivity index (χ4n) is 3.74. The molecule has 1 saturated heterocycles. The number of ether oxygens (including phenoxy) is 1. The number of nitrogens with zero attached hydrogens (tertiary/aromatic N) is 2. The molecule has 0 unspecified atom stereocenters. The average Bonchev–Trinajstić information content (AvgIpc) is 3.16. The number of fused-ring (bicyclic) bond motifs is 1. The molecule has 7 heteroatoms. The molecular weight excluding hydrogens is 349 g/mol. The summed E-state index contributed by atoms with van der Waals surface area (Å²) >= 11 is 0. The average molecular weight is 369 g/mol. The van der Waals surface area contributed by atoms with E-state index in [-0.39, 0.29) is 23.6 Å². The summed E-state index contributed by atoms with van der Waals surface area (Å²) in [6.45, 7) is 0.528. The molecule has 1 aromatic heterocycles. The Morgan fingerprint density at radius 3 is 3.00 bits per heavy atom. The molecule has 2 aliphatic heterocycles. The smallest absolute Gasteiger partial charge is 0.256 e. The Balaban J connectivity index is 1.60. The number of amides is 2. The largest absolute Gasteiger partial charge is 0.371 e. The van der Waals surface area contributed by atoms with E-state index >= 15 is 0 Å². The van der Waals surface area contributed by atoms with E-state index in [0.29, 0.717) is 31.6 Å². The van der Waals surface area contributed by atoms with Gasteiger partial charge < -0.3 is 15.0 Å². The topological polar surface area (TPSA) is 71.5 Å². The molecule has 0 saturated carbocycles. The zero-order valence-corrected chi connectivity index (χ0v) is 14.9. The Morgan fingerprint density at radius 2 is 2.22 bits per heavy atom. The van der Waals surface area contributed by atoms with Gasteiger partial charge in [0.05, 0.1) is 11.6 Å². The highest BCUT2D eigenvalue weighted by Gasteiger charge is 2.36. The fraction of sp³-hybridized carbons (Fsp3) is 0.350. The Morgan fingerprint density at radius 1 is 1.37 bits per heavy atom. The maximum Gasteiger partial charge on any atom is 0.256 e. The Labute approximate surface area is 156 Å². The van der Waals surface area contributed by atoms with Gasteiger partial charge in [-0.25, -0.2) is 4.39 Å². The predicted molar refractivity (Wildman–Crippen MR) is 96.8 cm³/mol. The van der Waals surface area contributed by atoms with Gasteiger partial charge in [0.15, 0.2) is 0 Å². The van der Waals surface area contributed by atoms with Crippen LogP contribution in [0.1, 0.15) is 40.4 Å². The molecule has 0 radical (unpaired) electrons. The van der Waals surface area contributed by atoms with E-state index in [2.05, 4.69) is 10.3 Å². The molecule has 0 spiro atoms. The van der Waals surface area contributed by atoms with Crippen LogP contribution in [0.5, 0.6) is 0 Å². The lowest BCUT2D eigenvalue weighted by atomic mass is 9.98. The van der Waals surface area contributed by atoms with E-state index < -0.39 is 11.7 Å². The fourth-order valence-corrected chi connectivity index (χ4v) is 3.74. The molecule has 0 bridgehead atoms. The van der Waals surface area contributed by atoms with Gasteiger partial charge in [-0.1, -0.05) is 6.07 Å². The van der Waals surface area contributed by atoms with Crippen molar-refractivity contribution in [2.75, 3.05) is 19.0 Å². The molecule has 27 heavy (non-hydrogen) atoms. The first-order valence-corrected chi connectivity index (χ1v) is 8.95. The van der Waals surface area contributed by atoms with Crippen LogP contribution in [-0.4, -0.2) is 41.4 Å². The highest BCUT2D eigenvalue weighted by atomic mass is 19.1. The zero-order valence-electron chi connectivity index (χ0n) is 14.9. The number of aryl methyl sites for hydroxylation is 1. The maximum absolute atomic E-state index is 14.6. The number of hydrogen-bond donors (Lipinski definition) is 1. The number of rotatable bonds is 3. The van der Waals surface area contributed by atoms with Crippen LogP contribution in [0.2, 0.25) is 0 Å². The normalized spacial score (nSPS) is 21.5. The number of anilines is 1. The number of benzene rings is 1. The number of carbonyl (C=O) groups excluding carboxylic acids is 2. The van der Waals surface area contributed by atoms with Gasteiger partial charge in [-0.3, -0.25) is 14.6 Å². The summed E-state index contributed by atoms with van der Waals surface area (Å²) in [5.74, 6) is -1.17. The van der Waals surface area contributed by atoms with E-state index in [1.807, 2.05) is 12.1 Å². The molecule has 2 aliphatic rings. The standard InChI is InChI=1S/C20H20FN3O3/c1-24(17-6-8-27-19(17)13-3-2-7-22-11-13)20(26)14-9-12-4-5-18(25)23-16(12)10-15(14)21/h2-3,7,9-11,17,19H,4-6,8H2,1H3,(H,23,25)/t17-,19+/m0/s1. The van der Waals surface area contributed by atoms with Crippen LogP contribution in [0.3, 0.4) is 0 Å². The first kappa shape index (κ1) is 17.6. The SMILES string of the molecule is CN(C(=O)c1cc2c(cc1F)NC(=O)CC2)[C@H]1CCO[C@@H]1c1cccnc1. The summed E-state index contributed by atoms with van der Waals surface area (Å²) in [4.78, 5) is 30.2. The molecule has 1 aromatic carbocycles. The first-order chi connectivity index (χ1) is 13.0. The van der Waals surface area contributed by atoms with Gasteiger partial charge in [0, 0.05) is 43.7 Å². The van der Waals surface area contributed by atoms with Crippen LogP contribution >= 0.6 is 0 Å². The van der Waals surface area contributed by atoms with Gasteiger partial charge in [-0.2, -0.15) is 0 Å². The van der Waals surface area contributed by atoms with Gasteiger partial charge >= 0.3 is 0 Å². The van der Waals surface area contributed by atoms with E-state index in [0.717, 1.165) is 11.1 Å². The van der Waals surface area contributed by atoms with Crippen molar-refractivity contribution >= 4 is 17.5 Å². The minimum atomic E-state index is -0.635. The molecule has 1 fully saturated rings. The van der Waals surface area contributed by atoms with Crippen molar-refractivity contribution in [1.82, 2.24) is 9.88 Å². The molecule has 2 atom stereocenters. The van der Waals surface area contributed by atoms with Crippen molar-refractivity contribution < 1.29 is 18.7 Å². The second kappa shape index (κ2) is 7.08. The lowest BCUT2D eigenvalue weighted by Crippen LogP contribution is -2.39. The lowest BCUT2D eigenvalue weighted by molar-refractivity contribution is -0.116. The van der Waals surface area contributed by atoms with Crippen LogP contribution in [0, 0.1) is 5.82 Å². The predicted octanol–water partition coefficient (Wildman–Crippen LogP) is 2.71. The van der Waals surface area contributed by atoms with Crippen LogP contribution in [0.15, 0.2) is 36.7 Å². The van der Waals surface area contributed by atoms with Crippen LogP contribution < -0.4 is 5.32 Å². The Kier molecular flexibility index (Phi) is 4.61. The first-order valence-electron chi connectivity index (χ1n) is 8.95. The minimum Gasteiger partial charge on any atom is -0.371 e. The number of carbonyl (C=O) groups is 2. The number of pyridine rings is 1. The summed E-state index contributed by atoms with van der Waals surface area (Å²) in [7, 11) is 1.67. The number of aromatic nitrogens is 1. The number of nitrogens with one attached hydrogen (secondary N) is 1.